The number of carbonyl (C=O) groups excluding carboxylic acids is 2. The second kappa shape index (κ2) is 9.79. The van der Waals surface area contributed by atoms with Crippen LogP contribution in [0.1, 0.15) is 25.0 Å². The number of para-hydroxylation sites is 1. The van der Waals surface area contributed by atoms with Crippen LogP contribution in [0.15, 0.2) is 78.5 Å². The molecule has 0 bridgehead atoms. The van der Waals surface area contributed by atoms with E-state index in [1.807, 2.05) is 13.8 Å². The molecular formula is C27H25FN2O4. The predicted molar refractivity (Wildman–Crippen MR) is 128 cm³/mol. The van der Waals surface area contributed by atoms with E-state index >= 15 is 0 Å². The lowest BCUT2D eigenvalue weighted by atomic mass is 10.0. The molecule has 0 spiro atoms. The van der Waals surface area contributed by atoms with Gasteiger partial charge in [0.25, 0.3) is 11.8 Å². The maximum Gasteiger partial charge on any atom is 0.278 e. The van der Waals surface area contributed by atoms with Crippen LogP contribution in [0, 0.1) is 5.82 Å². The van der Waals surface area contributed by atoms with Crippen LogP contribution in [0.4, 0.5) is 10.1 Å². The third-order valence-corrected chi connectivity index (χ3v) is 5.29. The molecule has 0 saturated carbocycles. The Morgan fingerprint density at radius 3 is 2.24 bits per heavy atom. The van der Waals surface area contributed by atoms with Gasteiger partial charge in [0.05, 0.1) is 25.3 Å². The summed E-state index contributed by atoms with van der Waals surface area (Å²) in [6, 6.07) is 19.9. The molecule has 2 amide bonds. The van der Waals surface area contributed by atoms with Gasteiger partial charge in [0.1, 0.15) is 23.0 Å². The number of hydrogen-bond acceptors (Lipinski definition) is 5. The van der Waals surface area contributed by atoms with E-state index in [1.54, 1.807) is 60.7 Å². The van der Waals surface area contributed by atoms with Crippen LogP contribution >= 0.6 is 0 Å². The molecule has 0 unspecified atom stereocenters. The minimum atomic E-state index is -0.474. The van der Waals surface area contributed by atoms with E-state index in [9.17, 15) is 14.0 Å². The fourth-order valence-electron chi connectivity index (χ4n) is 3.74. The van der Waals surface area contributed by atoms with Gasteiger partial charge in [-0.15, -0.1) is 0 Å². The lowest BCUT2D eigenvalue weighted by molar-refractivity contribution is -0.137. The van der Waals surface area contributed by atoms with Gasteiger partial charge in [-0.1, -0.05) is 30.3 Å². The molecule has 0 radical (unpaired) electrons. The van der Waals surface area contributed by atoms with E-state index < -0.39 is 11.8 Å². The highest BCUT2D eigenvalue weighted by atomic mass is 19.1. The first-order valence-electron chi connectivity index (χ1n) is 10.9. The first kappa shape index (κ1) is 23.0. The van der Waals surface area contributed by atoms with Crippen molar-refractivity contribution in [3.05, 3.63) is 95.4 Å². The monoisotopic (exact) mass is 460 g/mol. The van der Waals surface area contributed by atoms with Gasteiger partial charge < -0.3 is 14.8 Å². The highest BCUT2D eigenvalue weighted by Crippen LogP contribution is 2.36. The lowest BCUT2D eigenvalue weighted by Crippen LogP contribution is -2.32. The Labute approximate surface area is 197 Å². The van der Waals surface area contributed by atoms with Gasteiger partial charge in [0.15, 0.2) is 0 Å². The molecule has 174 valence electrons. The maximum absolute atomic E-state index is 13.5. The zero-order valence-electron chi connectivity index (χ0n) is 19.2. The number of halogens is 1. The van der Waals surface area contributed by atoms with Crippen LogP contribution in [0.5, 0.6) is 11.5 Å². The molecule has 6 nitrogen and oxygen atoms in total. The molecule has 1 N–H and O–H groups in total. The number of anilines is 1. The first-order valence-corrected chi connectivity index (χ1v) is 10.9. The van der Waals surface area contributed by atoms with Gasteiger partial charge in [-0.3, -0.25) is 14.5 Å². The third kappa shape index (κ3) is 4.78. The smallest absolute Gasteiger partial charge is 0.278 e. The largest absolute Gasteiger partial charge is 0.496 e. The van der Waals surface area contributed by atoms with Crippen molar-refractivity contribution >= 4 is 23.1 Å². The molecule has 3 aromatic carbocycles. The van der Waals surface area contributed by atoms with Crippen molar-refractivity contribution in [2.24, 2.45) is 0 Å². The molecule has 1 heterocycles. The standard InChI is InChI=1S/C27H25FN2O4/c1-17(2)34-21-14-12-20(13-15-21)29-25-24(22-6-4-5-7-23(22)33-3)26(31)30(27(25)32)16-18-8-10-19(28)11-9-18/h4-15,17,29H,16H2,1-3H3. The number of imide groups is 1. The van der Waals surface area contributed by atoms with Crippen LogP contribution in [0.2, 0.25) is 0 Å². The second-order valence-electron chi connectivity index (χ2n) is 8.09. The average Bonchev–Trinajstić information content (AvgIpc) is 3.05. The highest BCUT2D eigenvalue weighted by molar-refractivity contribution is 6.36. The summed E-state index contributed by atoms with van der Waals surface area (Å²) >= 11 is 0. The number of ether oxygens (including phenoxy) is 2. The summed E-state index contributed by atoms with van der Waals surface area (Å²) in [4.78, 5) is 28.1. The summed E-state index contributed by atoms with van der Waals surface area (Å²) in [7, 11) is 1.51. The highest BCUT2D eigenvalue weighted by Gasteiger charge is 2.40. The first-order chi connectivity index (χ1) is 16.4. The van der Waals surface area contributed by atoms with Crippen molar-refractivity contribution in [3.8, 4) is 11.5 Å². The fourth-order valence-corrected chi connectivity index (χ4v) is 3.74. The van der Waals surface area contributed by atoms with E-state index in [4.69, 9.17) is 9.47 Å². The number of amides is 2. The number of hydrogen-bond donors (Lipinski definition) is 1. The number of methoxy groups -OCH3 is 1. The summed E-state index contributed by atoms with van der Waals surface area (Å²) in [5.41, 5.74) is 2.13. The van der Waals surface area contributed by atoms with Gasteiger partial charge in [0, 0.05) is 11.3 Å². The Hall–Kier alpha value is -4.13. The summed E-state index contributed by atoms with van der Waals surface area (Å²) in [6.07, 6.45) is 0.0349. The van der Waals surface area contributed by atoms with Crippen LogP contribution in [-0.4, -0.2) is 29.9 Å². The Balaban J connectivity index is 1.71. The average molecular weight is 461 g/mol. The minimum absolute atomic E-state index is 0.0168. The molecule has 7 heteroatoms. The molecular weight excluding hydrogens is 435 g/mol. The van der Waals surface area contributed by atoms with Crippen molar-refractivity contribution in [2.75, 3.05) is 12.4 Å². The van der Waals surface area contributed by atoms with Gasteiger partial charge in [-0.05, 0) is 61.9 Å². The molecule has 1 aliphatic rings. The normalized spacial score (nSPS) is 13.6. The number of benzene rings is 3. The maximum atomic E-state index is 13.5. The molecule has 0 aromatic heterocycles. The summed E-state index contributed by atoms with van der Waals surface area (Å²) < 4.78 is 24.5. The van der Waals surface area contributed by atoms with Crippen LogP contribution in [-0.2, 0) is 16.1 Å². The van der Waals surface area contributed by atoms with Gasteiger partial charge in [-0.25, -0.2) is 4.39 Å². The number of carbonyl (C=O) groups is 2. The molecule has 4 rings (SSSR count). The van der Waals surface area contributed by atoms with E-state index in [1.165, 1.54) is 19.2 Å². The molecule has 1 aliphatic heterocycles. The van der Waals surface area contributed by atoms with Crippen molar-refractivity contribution in [2.45, 2.75) is 26.5 Å². The zero-order chi connectivity index (χ0) is 24.2. The van der Waals surface area contributed by atoms with Crippen molar-refractivity contribution in [1.82, 2.24) is 4.90 Å². The van der Waals surface area contributed by atoms with E-state index in [0.29, 0.717) is 28.3 Å². The molecule has 3 aromatic rings. The topological polar surface area (TPSA) is 67.9 Å². The number of rotatable bonds is 8. The van der Waals surface area contributed by atoms with Gasteiger partial charge >= 0.3 is 0 Å². The molecule has 0 fully saturated rings. The van der Waals surface area contributed by atoms with Gasteiger partial charge in [-0.2, -0.15) is 0 Å². The van der Waals surface area contributed by atoms with Crippen LogP contribution < -0.4 is 14.8 Å². The molecule has 34 heavy (non-hydrogen) atoms. The van der Waals surface area contributed by atoms with Crippen molar-refractivity contribution < 1.29 is 23.5 Å². The number of nitrogens with one attached hydrogen (secondary N) is 1. The minimum Gasteiger partial charge on any atom is -0.496 e. The Kier molecular flexibility index (Phi) is 6.63. The molecule has 0 saturated heterocycles. The van der Waals surface area contributed by atoms with Gasteiger partial charge in [0.2, 0.25) is 0 Å². The van der Waals surface area contributed by atoms with E-state index in [-0.39, 0.29) is 29.7 Å². The molecule has 0 aliphatic carbocycles. The summed E-state index contributed by atoms with van der Waals surface area (Å²) in [5, 5.41) is 3.12. The molecule has 0 atom stereocenters. The van der Waals surface area contributed by atoms with E-state index in [0.717, 1.165) is 4.90 Å². The van der Waals surface area contributed by atoms with E-state index in [2.05, 4.69) is 5.32 Å². The third-order valence-electron chi connectivity index (χ3n) is 5.29. The number of nitrogens with zero attached hydrogens (tertiary/aromatic N) is 1. The fraction of sp³-hybridized carbons (Fsp3) is 0.185. The zero-order valence-corrected chi connectivity index (χ0v) is 19.2. The lowest BCUT2D eigenvalue weighted by Gasteiger charge is -2.16. The summed E-state index contributed by atoms with van der Waals surface area (Å²) in [6.45, 7) is 3.90. The Morgan fingerprint density at radius 2 is 1.59 bits per heavy atom. The van der Waals surface area contributed by atoms with Crippen LogP contribution in [0.3, 0.4) is 0 Å². The summed E-state index contributed by atoms with van der Waals surface area (Å²) in [5.74, 6) is -0.143. The quantitative estimate of drug-likeness (QED) is 0.479. The van der Waals surface area contributed by atoms with Crippen LogP contribution in [0.25, 0.3) is 5.57 Å². The SMILES string of the molecule is COc1ccccc1C1=C(Nc2ccc(OC(C)C)cc2)C(=O)N(Cc2ccc(F)cc2)C1=O. The predicted octanol–water partition coefficient (Wildman–Crippen LogP) is 5.01. The van der Waals surface area contributed by atoms with Crippen molar-refractivity contribution in [3.63, 3.8) is 0 Å². The Morgan fingerprint density at radius 1 is 0.912 bits per heavy atom. The Bertz CT molecular complexity index is 1230. The van der Waals surface area contributed by atoms with Crippen molar-refractivity contribution in [1.29, 1.82) is 0 Å². The second-order valence-corrected chi connectivity index (χ2v) is 8.09.